The third-order valence-corrected chi connectivity index (χ3v) is 6.40. The van der Waals surface area contributed by atoms with Crippen LogP contribution in [-0.2, 0) is 4.79 Å². The van der Waals surface area contributed by atoms with Crippen molar-refractivity contribution in [3.63, 3.8) is 0 Å². The van der Waals surface area contributed by atoms with Gasteiger partial charge in [0.1, 0.15) is 11.9 Å². The molecule has 0 bridgehead atoms. The van der Waals surface area contributed by atoms with Crippen molar-refractivity contribution < 1.29 is 9.18 Å². The molecule has 1 saturated heterocycles. The van der Waals surface area contributed by atoms with Crippen LogP contribution >= 0.6 is 0 Å². The minimum Gasteiger partial charge on any atom is -0.344 e. The van der Waals surface area contributed by atoms with E-state index in [2.05, 4.69) is 25.2 Å². The van der Waals surface area contributed by atoms with Crippen LogP contribution < -0.4 is 10.2 Å². The number of nitrogens with one attached hydrogen (secondary N) is 1. The van der Waals surface area contributed by atoms with Gasteiger partial charge in [0.15, 0.2) is 11.6 Å². The van der Waals surface area contributed by atoms with E-state index in [1.165, 1.54) is 12.8 Å². The van der Waals surface area contributed by atoms with E-state index in [0.29, 0.717) is 16.9 Å². The first-order valence-corrected chi connectivity index (χ1v) is 10.6. The van der Waals surface area contributed by atoms with E-state index in [0.717, 1.165) is 48.7 Å². The largest absolute Gasteiger partial charge is 0.344 e. The summed E-state index contributed by atoms with van der Waals surface area (Å²) in [6.45, 7) is 2.80. The van der Waals surface area contributed by atoms with Crippen LogP contribution in [0.5, 0.6) is 0 Å². The fraction of sp³-hybridized carbons (Fsp3) is 0.333. The minimum atomic E-state index is -0.480. The summed E-state index contributed by atoms with van der Waals surface area (Å²) in [4.78, 5) is 28.1. The molecule has 1 aliphatic heterocycles. The molecule has 3 heterocycles. The lowest BCUT2D eigenvalue weighted by Crippen LogP contribution is -2.51. The van der Waals surface area contributed by atoms with E-state index in [9.17, 15) is 9.18 Å². The Hall–Kier alpha value is -3.35. The molecule has 2 aromatic heterocycles. The normalized spacial score (nSPS) is 19.3. The third-order valence-electron chi connectivity index (χ3n) is 6.40. The van der Waals surface area contributed by atoms with Gasteiger partial charge in [-0.25, -0.2) is 19.3 Å². The number of halogens is 1. The van der Waals surface area contributed by atoms with E-state index in [1.54, 1.807) is 6.20 Å². The number of nitrogens with zero attached hydrogens (tertiary/aromatic N) is 4. The van der Waals surface area contributed by atoms with Gasteiger partial charge in [-0.3, -0.25) is 4.79 Å². The molecule has 158 valence electrons. The van der Waals surface area contributed by atoms with Gasteiger partial charge in [0.05, 0.1) is 12.4 Å². The number of hydrogen-bond donors (Lipinski definition) is 1. The Labute approximate surface area is 180 Å². The second-order valence-electron chi connectivity index (χ2n) is 8.61. The van der Waals surface area contributed by atoms with Gasteiger partial charge < -0.3 is 10.2 Å². The fourth-order valence-electron chi connectivity index (χ4n) is 4.39. The summed E-state index contributed by atoms with van der Waals surface area (Å²) in [5.74, 6) is 0.749. The van der Waals surface area contributed by atoms with Gasteiger partial charge in [0.25, 0.3) is 0 Å². The van der Waals surface area contributed by atoms with Crippen LogP contribution in [0, 0.1) is 18.2 Å². The number of anilines is 2. The van der Waals surface area contributed by atoms with Gasteiger partial charge >= 0.3 is 0 Å². The van der Waals surface area contributed by atoms with Crippen LogP contribution in [0.4, 0.5) is 15.9 Å². The Kier molecular flexibility index (Phi) is 4.88. The SMILES string of the molecule is Cc1ccc(NC(=O)C2CCC3(CC3)CN2c2ccccn2)cc1-c1ncc(F)cn1. The first-order chi connectivity index (χ1) is 15.0. The van der Waals surface area contributed by atoms with Crippen molar-refractivity contribution in [3.8, 4) is 11.4 Å². The molecule has 1 unspecified atom stereocenters. The molecule has 1 N–H and O–H groups in total. The zero-order valence-electron chi connectivity index (χ0n) is 17.4. The van der Waals surface area contributed by atoms with E-state index < -0.39 is 5.82 Å². The molecule has 3 aromatic rings. The Morgan fingerprint density at radius 3 is 2.65 bits per heavy atom. The van der Waals surface area contributed by atoms with E-state index in [1.807, 2.05) is 43.3 Å². The molecular formula is C24H24FN5O. The summed E-state index contributed by atoms with van der Waals surface area (Å²) < 4.78 is 13.2. The smallest absolute Gasteiger partial charge is 0.247 e. The zero-order valence-corrected chi connectivity index (χ0v) is 17.4. The van der Waals surface area contributed by atoms with Crippen molar-refractivity contribution >= 4 is 17.4 Å². The average molecular weight is 417 g/mol. The number of pyridine rings is 1. The second kappa shape index (κ2) is 7.72. The lowest BCUT2D eigenvalue weighted by atomic mass is 9.89. The van der Waals surface area contributed by atoms with Crippen LogP contribution in [0.2, 0.25) is 0 Å². The Morgan fingerprint density at radius 1 is 1.13 bits per heavy atom. The summed E-state index contributed by atoms with van der Waals surface area (Å²) in [6, 6.07) is 11.2. The van der Waals surface area contributed by atoms with Crippen LogP contribution in [0.3, 0.4) is 0 Å². The standard InChI is InChI=1S/C24H24FN5O/c1-16-5-6-18(12-19(16)22-27-13-17(25)14-28-22)29-23(31)20-7-8-24(9-10-24)15-30(20)21-4-2-3-11-26-21/h2-6,11-14,20H,7-10,15H2,1H3,(H,29,31). The van der Waals surface area contributed by atoms with Crippen molar-refractivity contribution in [2.75, 3.05) is 16.8 Å². The van der Waals surface area contributed by atoms with Gasteiger partial charge in [0, 0.05) is 24.0 Å². The highest BCUT2D eigenvalue weighted by molar-refractivity contribution is 5.97. The topological polar surface area (TPSA) is 71.0 Å². The minimum absolute atomic E-state index is 0.0454. The summed E-state index contributed by atoms with van der Waals surface area (Å²) in [7, 11) is 0. The molecule has 5 rings (SSSR count). The molecule has 1 atom stereocenters. The monoisotopic (exact) mass is 417 g/mol. The number of aromatic nitrogens is 3. The van der Waals surface area contributed by atoms with Gasteiger partial charge in [-0.1, -0.05) is 12.1 Å². The molecular weight excluding hydrogens is 393 g/mol. The van der Waals surface area contributed by atoms with E-state index in [-0.39, 0.29) is 11.9 Å². The quantitative estimate of drug-likeness (QED) is 0.682. The molecule has 1 aromatic carbocycles. The van der Waals surface area contributed by atoms with Crippen molar-refractivity contribution in [3.05, 3.63) is 66.4 Å². The predicted octanol–water partition coefficient (Wildman–Crippen LogP) is 4.37. The summed E-state index contributed by atoms with van der Waals surface area (Å²) in [5.41, 5.74) is 2.74. The van der Waals surface area contributed by atoms with Crippen molar-refractivity contribution in [1.82, 2.24) is 15.0 Å². The number of amides is 1. The highest BCUT2D eigenvalue weighted by Gasteiger charge is 2.49. The van der Waals surface area contributed by atoms with Gasteiger partial charge in [-0.15, -0.1) is 0 Å². The second-order valence-corrected chi connectivity index (χ2v) is 8.61. The van der Waals surface area contributed by atoms with E-state index >= 15 is 0 Å². The lowest BCUT2D eigenvalue weighted by Gasteiger charge is -2.40. The summed E-state index contributed by atoms with van der Waals surface area (Å²) in [6.07, 6.45) is 8.39. The summed E-state index contributed by atoms with van der Waals surface area (Å²) >= 11 is 0. The summed E-state index contributed by atoms with van der Waals surface area (Å²) in [5, 5.41) is 3.07. The Balaban J connectivity index is 1.39. The molecule has 1 spiro atoms. The van der Waals surface area contributed by atoms with Crippen LogP contribution in [0.15, 0.2) is 55.0 Å². The molecule has 1 aliphatic carbocycles. The first-order valence-electron chi connectivity index (χ1n) is 10.6. The number of aryl methyl sites for hydroxylation is 1. The van der Waals surface area contributed by atoms with Gasteiger partial charge in [-0.2, -0.15) is 0 Å². The van der Waals surface area contributed by atoms with Crippen molar-refractivity contribution in [1.29, 1.82) is 0 Å². The number of piperidine rings is 1. The van der Waals surface area contributed by atoms with E-state index in [4.69, 9.17) is 0 Å². The van der Waals surface area contributed by atoms with Crippen molar-refractivity contribution in [2.45, 2.75) is 38.6 Å². The lowest BCUT2D eigenvalue weighted by molar-refractivity contribution is -0.118. The third kappa shape index (κ3) is 4.00. The van der Waals surface area contributed by atoms with Crippen molar-refractivity contribution in [2.24, 2.45) is 5.41 Å². The maximum atomic E-state index is 13.3. The van der Waals surface area contributed by atoms with Crippen LogP contribution in [-0.4, -0.2) is 33.4 Å². The molecule has 1 saturated carbocycles. The molecule has 0 radical (unpaired) electrons. The number of rotatable bonds is 4. The number of hydrogen-bond acceptors (Lipinski definition) is 5. The molecule has 6 nitrogen and oxygen atoms in total. The average Bonchev–Trinajstić information content (AvgIpc) is 3.54. The first kappa shape index (κ1) is 19.6. The van der Waals surface area contributed by atoms with Crippen LogP contribution in [0.25, 0.3) is 11.4 Å². The fourth-order valence-corrected chi connectivity index (χ4v) is 4.39. The van der Waals surface area contributed by atoms with Gasteiger partial charge in [0.2, 0.25) is 5.91 Å². The predicted molar refractivity (Wildman–Crippen MR) is 117 cm³/mol. The molecule has 1 amide bonds. The van der Waals surface area contributed by atoms with Crippen LogP contribution in [0.1, 0.15) is 31.2 Å². The highest BCUT2D eigenvalue weighted by Crippen LogP contribution is 2.53. The maximum Gasteiger partial charge on any atom is 0.247 e. The van der Waals surface area contributed by atoms with Gasteiger partial charge in [-0.05, 0) is 67.9 Å². The maximum absolute atomic E-state index is 13.3. The number of carbonyl (C=O) groups is 1. The highest BCUT2D eigenvalue weighted by atomic mass is 19.1. The Morgan fingerprint density at radius 2 is 1.94 bits per heavy atom. The number of benzene rings is 1. The zero-order chi connectivity index (χ0) is 21.4. The molecule has 2 aliphatic rings. The Bertz CT molecular complexity index is 1100. The molecule has 31 heavy (non-hydrogen) atoms. The number of carbonyl (C=O) groups excluding carboxylic acids is 1. The molecule has 2 fully saturated rings. The molecule has 7 heteroatoms.